The van der Waals surface area contributed by atoms with Gasteiger partial charge in [0.15, 0.2) is 0 Å². The Morgan fingerprint density at radius 3 is 2.33 bits per heavy atom. The molecule has 15 heavy (non-hydrogen) atoms. The van der Waals surface area contributed by atoms with Crippen molar-refractivity contribution in [2.45, 2.75) is 39.8 Å². The van der Waals surface area contributed by atoms with Crippen LogP contribution >= 0.6 is 0 Å². The molecule has 1 rings (SSSR count). The third-order valence-electron chi connectivity index (χ3n) is 2.49. The van der Waals surface area contributed by atoms with Gasteiger partial charge in [-0.2, -0.15) is 0 Å². The fourth-order valence-corrected chi connectivity index (χ4v) is 1.66. The van der Waals surface area contributed by atoms with E-state index in [-0.39, 0.29) is 0 Å². The molecule has 0 amide bonds. The summed E-state index contributed by atoms with van der Waals surface area (Å²) in [6, 6.07) is 4.36. The molecule has 1 heterocycles. The van der Waals surface area contributed by atoms with Gasteiger partial charge < -0.3 is 10.0 Å². The second-order valence-corrected chi connectivity index (χ2v) is 4.00. The van der Waals surface area contributed by atoms with Crippen molar-refractivity contribution in [1.29, 1.82) is 0 Å². The Labute approximate surface area is 91.8 Å². The van der Waals surface area contributed by atoms with Crippen LogP contribution in [0, 0.1) is 0 Å². The van der Waals surface area contributed by atoms with E-state index >= 15 is 0 Å². The summed E-state index contributed by atoms with van der Waals surface area (Å²) in [6.07, 6.45) is 1.33. The van der Waals surface area contributed by atoms with Gasteiger partial charge in [-0.25, -0.2) is 0 Å². The molecule has 84 valence electrons. The molecular formula is C12H20N2O. The van der Waals surface area contributed by atoms with Gasteiger partial charge in [-0.1, -0.05) is 0 Å². The maximum atomic E-state index is 9.34. The van der Waals surface area contributed by atoms with Crippen LogP contribution in [0.25, 0.3) is 0 Å². The monoisotopic (exact) mass is 208 g/mol. The minimum atomic E-state index is -0.492. The lowest BCUT2D eigenvalue weighted by atomic mass is 10.2. The predicted molar refractivity (Wildman–Crippen MR) is 63.0 cm³/mol. The van der Waals surface area contributed by atoms with Crippen molar-refractivity contribution < 1.29 is 5.11 Å². The first-order valence-electron chi connectivity index (χ1n) is 5.47. The van der Waals surface area contributed by atoms with Crippen LogP contribution in [0.1, 0.15) is 39.5 Å². The number of anilines is 1. The number of hydrogen-bond donors (Lipinski definition) is 1. The predicted octanol–water partition coefficient (Wildman–Crippen LogP) is 2.37. The van der Waals surface area contributed by atoms with Crippen molar-refractivity contribution in [3.05, 3.63) is 24.0 Å². The molecule has 3 nitrogen and oxygen atoms in total. The molecule has 0 aromatic carbocycles. The number of rotatable bonds is 4. The Morgan fingerprint density at radius 2 is 2.00 bits per heavy atom. The summed E-state index contributed by atoms with van der Waals surface area (Å²) in [7, 11) is 0. The quantitative estimate of drug-likeness (QED) is 0.825. The molecule has 1 aromatic rings. The van der Waals surface area contributed by atoms with Gasteiger partial charge in [0.2, 0.25) is 0 Å². The lowest BCUT2D eigenvalue weighted by molar-refractivity contribution is 0.194. The minimum Gasteiger partial charge on any atom is -0.387 e. The Morgan fingerprint density at radius 1 is 1.33 bits per heavy atom. The zero-order valence-electron chi connectivity index (χ0n) is 9.94. The highest BCUT2D eigenvalue weighted by Gasteiger charge is 2.09. The standard InChI is InChI=1S/C12H20N2O/c1-5-14(9(2)3)11-6-7-12(10(4)15)13-8-11/h6-10,15H,5H2,1-4H3. The molecule has 3 heteroatoms. The number of aliphatic hydroxyl groups excluding tert-OH is 1. The summed E-state index contributed by atoms with van der Waals surface area (Å²) in [5.74, 6) is 0. The lowest BCUT2D eigenvalue weighted by Crippen LogP contribution is -2.30. The Hall–Kier alpha value is -1.09. The Bertz CT molecular complexity index is 293. The van der Waals surface area contributed by atoms with Crippen molar-refractivity contribution in [1.82, 2.24) is 4.98 Å². The molecule has 0 fully saturated rings. The molecule has 1 unspecified atom stereocenters. The Balaban J connectivity index is 2.87. The van der Waals surface area contributed by atoms with Crippen LogP contribution in [0.3, 0.4) is 0 Å². The summed E-state index contributed by atoms with van der Waals surface area (Å²) in [5.41, 5.74) is 1.83. The first-order valence-corrected chi connectivity index (χ1v) is 5.47. The molecule has 0 aliphatic carbocycles. The van der Waals surface area contributed by atoms with E-state index in [1.54, 1.807) is 6.92 Å². The Kier molecular flexibility index (Phi) is 4.09. The van der Waals surface area contributed by atoms with Crippen molar-refractivity contribution >= 4 is 5.69 Å². The van der Waals surface area contributed by atoms with Gasteiger partial charge in [0.05, 0.1) is 23.7 Å². The van der Waals surface area contributed by atoms with Crippen LogP contribution in [0.5, 0.6) is 0 Å². The topological polar surface area (TPSA) is 36.4 Å². The van der Waals surface area contributed by atoms with Gasteiger partial charge in [-0.15, -0.1) is 0 Å². The second-order valence-electron chi connectivity index (χ2n) is 4.00. The van der Waals surface area contributed by atoms with Gasteiger partial charge in [0.25, 0.3) is 0 Å². The lowest BCUT2D eigenvalue weighted by Gasteiger charge is -2.27. The fraction of sp³-hybridized carbons (Fsp3) is 0.583. The summed E-state index contributed by atoms with van der Waals surface area (Å²) >= 11 is 0. The van der Waals surface area contributed by atoms with Gasteiger partial charge in [-0.05, 0) is 39.8 Å². The minimum absolute atomic E-state index is 0.467. The summed E-state index contributed by atoms with van der Waals surface area (Å²) < 4.78 is 0. The molecule has 0 bridgehead atoms. The van der Waals surface area contributed by atoms with Crippen LogP contribution in [0.2, 0.25) is 0 Å². The number of aromatic nitrogens is 1. The largest absolute Gasteiger partial charge is 0.387 e. The molecule has 0 spiro atoms. The SMILES string of the molecule is CCN(c1ccc(C(C)O)nc1)C(C)C. The fourth-order valence-electron chi connectivity index (χ4n) is 1.66. The number of hydrogen-bond acceptors (Lipinski definition) is 3. The van der Waals surface area contributed by atoms with Crippen LogP contribution in [0.15, 0.2) is 18.3 Å². The zero-order chi connectivity index (χ0) is 11.4. The molecule has 0 radical (unpaired) electrons. The maximum Gasteiger partial charge on any atom is 0.0931 e. The number of aliphatic hydroxyl groups is 1. The van der Waals surface area contributed by atoms with Gasteiger partial charge in [-0.3, -0.25) is 4.98 Å². The van der Waals surface area contributed by atoms with Crippen LogP contribution in [-0.2, 0) is 0 Å². The summed E-state index contributed by atoms with van der Waals surface area (Å²) in [6.45, 7) is 9.14. The van der Waals surface area contributed by atoms with Crippen molar-refractivity contribution in [3.8, 4) is 0 Å². The summed E-state index contributed by atoms with van der Waals surface area (Å²) in [4.78, 5) is 6.50. The highest BCUT2D eigenvalue weighted by Crippen LogP contribution is 2.17. The average Bonchev–Trinajstić information content (AvgIpc) is 2.19. The van der Waals surface area contributed by atoms with E-state index < -0.39 is 6.10 Å². The smallest absolute Gasteiger partial charge is 0.0931 e. The van der Waals surface area contributed by atoms with Crippen molar-refractivity contribution in [2.24, 2.45) is 0 Å². The second kappa shape index (κ2) is 5.12. The van der Waals surface area contributed by atoms with E-state index in [2.05, 4.69) is 30.7 Å². The number of nitrogens with zero attached hydrogens (tertiary/aromatic N) is 2. The van der Waals surface area contributed by atoms with Crippen molar-refractivity contribution in [3.63, 3.8) is 0 Å². The first-order chi connectivity index (χ1) is 7.06. The average molecular weight is 208 g/mol. The van der Waals surface area contributed by atoms with Crippen LogP contribution < -0.4 is 4.90 Å². The third kappa shape index (κ3) is 2.93. The third-order valence-corrected chi connectivity index (χ3v) is 2.49. The highest BCUT2D eigenvalue weighted by atomic mass is 16.3. The van der Waals surface area contributed by atoms with E-state index in [0.717, 1.165) is 17.9 Å². The molecule has 0 aliphatic heterocycles. The molecular weight excluding hydrogens is 188 g/mol. The molecule has 1 atom stereocenters. The van der Waals surface area contributed by atoms with Gasteiger partial charge in [0, 0.05) is 12.6 Å². The van der Waals surface area contributed by atoms with Gasteiger partial charge >= 0.3 is 0 Å². The van der Waals surface area contributed by atoms with Crippen LogP contribution in [-0.4, -0.2) is 22.7 Å². The highest BCUT2D eigenvalue weighted by molar-refractivity contribution is 5.45. The first kappa shape index (κ1) is 12.0. The van der Waals surface area contributed by atoms with E-state index in [4.69, 9.17) is 0 Å². The van der Waals surface area contributed by atoms with Crippen LogP contribution in [0.4, 0.5) is 5.69 Å². The summed E-state index contributed by atoms with van der Waals surface area (Å²) in [5, 5.41) is 9.34. The zero-order valence-corrected chi connectivity index (χ0v) is 9.94. The maximum absolute atomic E-state index is 9.34. The molecule has 0 saturated heterocycles. The van der Waals surface area contributed by atoms with E-state index in [1.165, 1.54) is 0 Å². The molecule has 1 N–H and O–H groups in total. The van der Waals surface area contributed by atoms with Gasteiger partial charge in [0.1, 0.15) is 0 Å². The number of pyridine rings is 1. The van der Waals surface area contributed by atoms with Crippen molar-refractivity contribution in [2.75, 3.05) is 11.4 Å². The molecule has 1 aromatic heterocycles. The normalized spacial score (nSPS) is 12.9. The molecule has 0 saturated carbocycles. The molecule has 0 aliphatic rings. The van der Waals surface area contributed by atoms with E-state index in [9.17, 15) is 5.11 Å². The van der Waals surface area contributed by atoms with E-state index in [1.807, 2.05) is 18.3 Å². The van der Waals surface area contributed by atoms with E-state index in [0.29, 0.717) is 6.04 Å².